The monoisotopic (exact) mass is 355 g/mol. The number of halogens is 2. The second-order valence-corrected chi connectivity index (χ2v) is 5.53. The van der Waals surface area contributed by atoms with Crippen LogP contribution in [0.3, 0.4) is 0 Å². The molecule has 2 aromatic rings. The lowest BCUT2D eigenvalue weighted by Crippen LogP contribution is -2.44. The summed E-state index contributed by atoms with van der Waals surface area (Å²) in [6, 6.07) is 1.57. The minimum absolute atomic E-state index is 0. The number of pyridine rings is 1. The second kappa shape index (κ2) is 7.59. The van der Waals surface area contributed by atoms with Gasteiger partial charge in [-0.2, -0.15) is 0 Å². The fourth-order valence-electron chi connectivity index (χ4n) is 2.50. The van der Waals surface area contributed by atoms with E-state index < -0.39 is 18.2 Å². The Hall–Kier alpha value is -2.19. The molecular weight excluding hydrogens is 337 g/mol. The number of alkyl halides is 1. The molecule has 1 fully saturated rings. The summed E-state index contributed by atoms with van der Waals surface area (Å²) in [4.78, 5) is 20.1. The lowest BCUT2D eigenvalue weighted by atomic mass is 10.1. The molecule has 7 nitrogen and oxygen atoms in total. The zero-order valence-electron chi connectivity index (χ0n) is 13.1. The molecule has 0 saturated carbocycles. The van der Waals surface area contributed by atoms with E-state index in [1.807, 2.05) is 7.05 Å². The molecule has 3 rings (SSSR count). The molecule has 3 N–H and O–H groups in total. The highest BCUT2D eigenvalue weighted by Gasteiger charge is 2.28. The van der Waals surface area contributed by atoms with Gasteiger partial charge in [-0.15, -0.1) is 12.4 Å². The summed E-state index contributed by atoms with van der Waals surface area (Å²) in [5.74, 6) is -0.610. The number of imidazole rings is 1. The van der Waals surface area contributed by atoms with Crippen LogP contribution in [0, 0.1) is 0 Å². The van der Waals surface area contributed by atoms with Gasteiger partial charge in [0.1, 0.15) is 17.8 Å². The molecule has 0 aliphatic carbocycles. The minimum atomic E-state index is -1.15. The Kier molecular flexibility index (Phi) is 5.74. The topological polar surface area (TPSA) is 95.1 Å². The summed E-state index contributed by atoms with van der Waals surface area (Å²) in [5.41, 5.74) is 6.85. The van der Waals surface area contributed by atoms with Crippen LogP contribution in [0.1, 0.15) is 16.8 Å². The highest BCUT2D eigenvalue weighted by atomic mass is 35.5. The first-order valence-electron chi connectivity index (χ1n) is 7.34. The minimum Gasteiger partial charge on any atom is -0.471 e. The molecule has 24 heavy (non-hydrogen) atoms. The number of amides is 1. The van der Waals surface area contributed by atoms with E-state index in [-0.39, 0.29) is 30.4 Å². The van der Waals surface area contributed by atoms with Gasteiger partial charge in [0.2, 0.25) is 5.88 Å². The number of aromatic nitrogens is 3. The number of rotatable bonds is 4. The fourth-order valence-corrected chi connectivity index (χ4v) is 2.50. The summed E-state index contributed by atoms with van der Waals surface area (Å²) >= 11 is 0. The molecule has 0 spiro atoms. The molecule has 1 aliphatic rings. The van der Waals surface area contributed by atoms with E-state index in [0.717, 1.165) is 0 Å². The smallest absolute Gasteiger partial charge is 0.254 e. The molecule has 9 heteroatoms. The van der Waals surface area contributed by atoms with Crippen LogP contribution in [0.2, 0.25) is 0 Å². The molecular formula is C15H19ClFN5O2. The number of nitrogens with zero attached hydrogens (tertiary/aromatic N) is 3. The van der Waals surface area contributed by atoms with Crippen molar-refractivity contribution in [3.63, 3.8) is 0 Å². The number of piperidine rings is 1. The molecule has 1 aliphatic heterocycles. The quantitative estimate of drug-likeness (QED) is 0.855. The summed E-state index contributed by atoms with van der Waals surface area (Å²) < 4.78 is 21.3. The number of hydrogen-bond donors (Lipinski definition) is 2. The van der Waals surface area contributed by atoms with E-state index in [4.69, 9.17) is 10.5 Å². The Morgan fingerprint density at radius 3 is 2.92 bits per heavy atom. The average molecular weight is 356 g/mol. The largest absolute Gasteiger partial charge is 0.471 e. The van der Waals surface area contributed by atoms with Gasteiger partial charge in [0.05, 0.1) is 12.0 Å². The van der Waals surface area contributed by atoms with E-state index in [9.17, 15) is 9.18 Å². The number of primary amides is 1. The van der Waals surface area contributed by atoms with Crippen LogP contribution in [0.5, 0.6) is 5.88 Å². The van der Waals surface area contributed by atoms with Crippen LogP contribution < -0.4 is 15.8 Å². The van der Waals surface area contributed by atoms with Crippen molar-refractivity contribution in [2.45, 2.75) is 18.7 Å². The van der Waals surface area contributed by atoms with Gasteiger partial charge in [-0.1, -0.05) is 0 Å². The van der Waals surface area contributed by atoms with Crippen LogP contribution in [0.15, 0.2) is 24.8 Å². The van der Waals surface area contributed by atoms with Crippen LogP contribution in [0.25, 0.3) is 11.3 Å². The van der Waals surface area contributed by atoms with Crippen molar-refractivity contribution in [3.8, 4) is 17.1 Å². The van der Waals surface area contributed by atoms with Gasteiger partial charge in [-0.3, -0.25) is 4.79 Å². The molecule has 0 bridgehead atoms. The number of nitrogens with two attached hydrogens (primary N) is 1. The van der Waals surface area contributed by atoms with E-state index in [1.165, 1.54) is 0 Å². The molecule has 0 aromatic carbocycles. The Morgan fingerprint density at radius 2 is 2.29 bits per heavy atom. The van der Waals surface area contributed by atoms with E-state index in [2.05, 4.69) is 15.3 Å². The molecule has 0 radical (unpaired) electrons. The predicted octanol–water partition coefficient (Wildman–Crippen LogP) is 1.08. The van der Waals surface area contributed by atoms with E-state index >= 15 is 0 Å². The predicted molar refractivity (Wildman–Crippen MR) is 89.0 cm³/mol. The van der Waals surface area contributed by atoms with E-state index in [1.54, 1.807) is 29.4 Å². The molecule has 130 valence electrons. The fraction of sp³-hybridized carbons (Fsp3) is 0.400. The third-order valence-electron chi connectivity index (χ3n) is 3.73. The Morgan fingerprint density at radius 1 is 1.50 bits per heavy atom. The van der Waals surface area contributed by atoms with Crippen LogP contribution in [-0.2, 0) is 7.05 Å². The third kappa shape index (κ3) is 3.82. The average Bonchev–Trinajstić information content (AvgIpc) is 2.96. The van der Waals surface area contributed by atoms with Gasteiger partial charge >= 0.3 is 0 Å². The summed E-state index contributed by atoms with van der Waals surface area (Å²) in [6.07, 6.45) is 3.70. The van der Waals surface area contributed by atoms with Crippen molar-refractivity contribution in [1.29, 1.82) is 0 Å². The van der Waals surface area contributed by atoms with Gasteiger partial charge < -0.3 is 20.4 Å². The van der Waals surface area contributed by atoms with Crippen LogP contribution >= 0.6 is 12.4 Å². The Labute approximate surface area is 144 Å². The highest BCUT2D eigenvalue weighted by Crippen LogP contribution is 2.25. The zero-order valence-corrected chi connectivity index (χ0v) is 13.9. The SMILES string of the molecule is Cl.Cn1cnc(-c2cnc(O[C@@H]3CCNC[C@@H]3F)c(C(N)=O)c2)c1. The van der Waals surface area contributed by atoms with Gasteiger partial charge in [-0.05, 0) is 19.0 Å². The van der Waals surface area contributed by atoms with Crippen molar-refractivity contribution in [3.05, 3.63) is 30.4 Å². The number of carbonyl (C=O) groups is 1. The van der Waals surface area contributed by atoms with Crippen molar-refractivity contribution >= 4 is 18.3 Å². The lowest BCUT2D eigenvalue weighted by Gasteiger charge is -2.27. The number of nitrogens with one attached hydrogen (secondary N) is 1. The molecule has 2 aromatic heterocycles. The van der Waals surface area contributed by atoms with Crippen molar-refractivity contribution < 1.29 is 13.9 Å². The zero-order chi connectivity index (χ0) is 16.4. The van der Waals surface area contributed by atoms with Crippen LogP contribution in [-0.4, -0.2) is 45.8 Å². The highest BCUT2D eigenvalue weighted by molar-refractivity contribution is 5.96. The summed E-state index contributed by atoms with van der Waals surface area (Å²) in [5, 5.41) is 2.94. The lowest BCUT2D eigenvalue weighted by molar-refractivity contribution is 0.0676. The summed E-state index contributed by atoms with van der Waals surface area (Å²) in [6.45, 7) is 0.881. The Bertz CT molecular complexity index is 724. The van der Waals surface area contributed by atoms with Gasteiger partial charge in [-0.25, -0.2) is 14.4 Å². The first-order chi connectivity index (χ1) is 11.0. The van der Waals surface area contributed by atoms with Crippen molar-refractivity contribution in [2.24, 2.45) is 12.8 Å². The van der Waals surface area contributed by atoms with E-state index in [0.29, 0.717) is 24.2 Å². The standard InChI is InChI=1S/C15H18FN5O2.ClH/c1-21-7-12(20-8-21)9-4-10(14(17)22)15(19-5-9)23-13-2-3-18-6-11(13)16;/h4-5,7-8,11,13,18H,2-3,6H2,1H3,(H2,17,22);1H/t11-,13+;/m0./s1. The van der Waals surface area contributed by atoms with Crippen LogP contribution in [0.4, 0.5) is 4.39 Å². The normalized spacial score (nSPS) is 20.2. The van der Waals surface area contributed by atoms with Gasteiger partial charge in [0.25, 0.3) is 5.91 Å². The number of aryl methyl sites for hydroxylation is 1. The number of ether oxygens (including phenoxy) is 1. The van der Waals surface area contributed by atoms with Crippen molar-refractivity contribution in [2.75, 3.05) is 13.1 Å². The molecule has 1 amide bonds. The molecule has 1 saturated heterocycles. The second-order valence-electron chi connectivity index (χ2n) is 5.53. The molecule has 2 atom stereocenters. The third-order valence-corrected chi connectivity index (χ3v) is 3.73. The maximum Gasteiger partial charge on any atom is 0.254 e. The number of carbonyl (C=O) groups excluding carboxylic acids is 1. The maximum absolute atomic E-state index is 13.9. The van der Waals surface area contributed by atoms with Gasteiger partial charge in [0, 0.05) is 31.5 Å². The molecule has 3 heterocycles. The Balaban J connectivity index is 0.00000208. The maximum atomic E-state index is 13.9. The first-order valence-corrected chi connectivity index (χ1v) is 7.34. The van der Waals surface area contributed by atoms with Gasteiger partial charge in [0.15, 0.2) is 0 Å². The molecule has 0 unspecified atom stereocenters. The number of hydrogen-bond acceptors (Lipinski definition) is 5. The summed E-state index contributed by atoms with van der Waals surface area (Å²) in [7, 11) is 1.84. The van der Waals surface area contributed by atoms with Crippen molar-refractivity contribution in [1.82, 2.24) is 19.9 Å². The first kappa shape index (κ1) is 18.2.